The van der Waals surface area contributed by atoms with E-state index in [1.807, 2.05) is 61.5 Å². The number of sulfonamides is 1. The average Bonchev–Trinajstić information content (AvgIpc) is 2.98. The Kier molecular flexibility index (Phi) is 13.5. The number of benzene rings is 3. The number of rotatable bonds is 17. The number of anilines is 1. The Morgan fingerprint density at radius 3 is 2.23 bits per heavy atom. The normalized spacial score (nSPS) is 11.9. The van der Waals surface area contributed by atoms with E-state index in [-0.39, 0.29) is 37.7 Å². The molecule has 8 nitrogen and oxygen atoms in total. The van der Waals surface area contributed by atoms with E-state index in [1.165, 1.54) is 4.31 Å². The molecule has 3 aromatic carbocycles. The number of unbranched alkanes of at least 4 members (excludes halogenated alkanes) is 1. The van der Waals surface area contributed by atoms with Crippen LogP contribution in [0.25, 0.3) is 0 Å². The first kappa shape index (κ1) is 34.1. The highest BCUT2D eigenvalue weighted by Crippen LogP contribution is 2.30. The van der Waals surface area contributed by atoms with Crippen molar-refractivity contribution >= 4 is 43.5 Å². The van der Waals surface area contributed by atoms with Gasteiger partial charge in [-0.25, -0.2) is 8.42 Å². The molecule has 43 heavy (non-hydrogen) atoms. The van der Waals surface area contributed by atoms with Gasteiger partial charge in [0.15, 0.2) is 0 Å². The highest BCUT2D eigenvalue weighted by Gasteiger charge is 2.30. The van der Waals surface area contributed by atoms with Crippen LogP contribution in [-0.2, 0) is 32.6 Å². The molecule has 232 valence electrons. The van der Waals surface area contributed by atoms with Gasteiger partial charge in [-0.2, -0.15) is 0 Å². The molecule has 3 aromatic rings. The van der Waals surface area contributed by atoms with E-state index in [0.717, 1.165) is 34.7 Å². The minimum atomic E-state index is -3.65. The quantitative estimate of drug-likeness (QED) is 0.179. The summed E-state index contributed by atoms with van der Waals surface area (Å²) >= 11 is 3.46. The lowest BCUT2D eigenvalue weighted by atomic mass is 10.0. The third kappa shape index (κ3) is 10.7. The van der Waals surface area contributed by atoms with Crippen LogP contribution in [0.15, 0.2) is 83.3 Å². The molecular formula is C33H42BrN3O5S. The summed E-state index contributed by atoms with van der Waals surface area (Å²) in [6, 6.07) is 23.6. The zero-order valence-corrected chi connectivity index (χ0v) is 27.6. The minimum Gasteiger partial charge on any atom is -0.492 e. The van der Waals surface area contributed by atoms with Crippen LogP contribution in [-0.4, -0.2) is 57.1 Å². The predicted octanol–water partition coefficient (Wildman–Crippen LogP) is 5.95. The van der Waals surface area contributed by atoms with E-state index in [9.17, 15) is 18.0 Å². The molecule has 1 unspecified atom stereocenters. The third-order valence-electron chi connectivity index (χ3n) is 6.95. The maximum atomic E-state index is 14.0. The standard InChI is InChI=1S/C33H42BrN3O5S/c1-4-6-22-35-33(39)30(24-26-13-8-7-9-14-26)36(25-27-18-20-28(34)21-19-27)32(38)17-12-23-37(43(3,40)41)29-15-10-11-16-31(29)42-5-2/h7-11,13-16,18-21,30H,4-6,12,17,22-25H2,1-3H3,(H,35,39). The van der Waals surface area contributed by atoms with Crippen LogP contribution in [0.4, 0.5) is 5.69 Å². The first-order valence-electron chi connectivity index (χ1n) is 14.7. The molecular weight excluding hydrogens is 630 g/mol. The van der Waals surface area contributed by atoms with E-state index in [0.29, 0.717) is 31.0 Å². The molecule has 10 heteroatoms. The van der Waals surface area contributed by atoms with E-state index >= 15 is 0 Å². The van der Waals surface area contributed by atoms with Gasteiger partial charge in [-0.1, -0.05) is 83.9 Å². The summed E-state index contributed by atoms with van der Waals surface area (Å²) < 4.78 is 33.5. The second kappa shape index (κ2) is 17.1. The molecule has 0 bridgehead atoms. The van der Waals surface area contributed by atoms with Crippen LogP contribution in [0, 0.1) is 0 Å². The van der Waals surface area contributed by atoms with Gasteiger partial charge < -0.3 is 15.0 Å². The van der Waals surface area contributed by atoms with Gasteiger partial charge in [0.25, 0.3) is 0 Å². The summed E-state index contributed by atoms with van der Waals surface area (Å²) in [5.74, 6) is 0.0393. The smallest absolute Gasteiger partial charge is 0.243 e. The number of amides is 2. The van der Waals surface area contributed by atoms with Crippen molar-refractivity contribution in [2.45, 2.75) is 58.5 Å². The fourth-order valence-electron chi connectivity index (χ4n) is 4.77. The Balaban J connectivity index is 1.88. The fraction of sp³-hybridized carbons (Fsp3) is 0.394. The number of carbonyl (C=O) groups is 2. The number of nitrogens with zero attached hydrogens (tertiary/aromatic N) is 2. The van der Waals surface area contributed by atoms with E-state index in [4.69, 9.17) is 4.74 Å². The summed E-state index contributed by atoms with van der Waals surface area (Å²) in [6.07, 6.45) is 3.61. The van der Waals surface area contributed by atoms with Crippen molar-refractivity contribution in [1.82, 2.24) is 10.2 Å². The van der Waals surface area contributed by atoms with Crippen molar-refractivity contribution in [2.24, 2.45) is 0 Å². The molecule has 2 amide bonds. The minimum absolute atomic E-state index is 0.0624. The first-order valence-corrected chi connectivity index (χ1v) is 17.3. The highest BCUT2D eigenvalue weighted by atomic mass is 79.9. The van der Waals surface area contributed by atoms with Crippen molar-refractivity contribution in [3.8, 4) is 5.75 Å². The van der Waals surface area contributed by atoms with Crippen LogP contribution in [0.2, 0.25) is 0 Å². The fourth-order valence-corrected chi connectivity index (χ4v) is 6.00. The molecule has 0 spiro atoms. The van der Waals surface area contributed by atoms with E-state index in [2.05, 4.69) is 28.2 Å². The van der Waals surface area contributed by atoms with Gasteiger partial charge in [0.1, 0.15) is 11.8 Å². The lowest BCUT2D eigenvalue weighted by molar-refractivity contribution is -0.141. The van der Waals surface area contributed by atoms with E-state index in [1.54, 1.807) is 29.2 Å². The Hall–Kier alpha value is -3.37. The number of hydrogen-bond donors (Lipinski definition) is 1. The zero-order chi connectivity index (χ0) is 31.2. The van der Waals surface area contributed by atoms with E-state index < -0.39 is 16.1 Å². The Morgan fingerprint density at radius 1 is 0.907 bits per heavy atom. The molecule has 1 atom stereocenters. The second-order valence-electron chi connectivity index (χ2n) is 10.3. The van der Waals surface area contributed by atoms with Gasteiger partial charge in [0.2, 0.25) is 21.8 Å². The summed E-state index contributed by atoms with van der Waals surface area (Å²) in [5.41, 5.74) is 2.27. The van der Waals surface area contributed by atoms with Gasteiger partial charge in [0, 0.05) is 36.9 Å². The van der Waals surface area contributed by atoms with Gasteiger partial charge in [-0.15, -0.1) is 0 Å². The van der Waals surface area contributed by atoms with Crippen molar-refractivity contribution in [1.29, 1.82) is 0 Å². The molecule has 0 radical (unpaired) electrons. The summed E-state index contributed by atoms with van der Waals surface area (Å²) in [6.45, 7) is 5.15. The van der Waals surface area contributed by atoms with Crippen molar-refractivity contribution < 1.29 is 22.7 Å². The average molecular weight is 673 g/mol. The molecule has 0 saturated heterocycles. The van der Waals surface area contributed by atoms with Crippen LogP contribution in [0.5, 0.6) is 5.75 Å². The van der Waals surface area contributed by atoms with Crippen molar-refractivity contribution in [3.05, 3.63) is 94.5 Å². The third-order valence-corrected chi connectivity index (χ3v) is 8.66. The highest BCUT2D eigenvalue weighted by molar-refractivity contribution is 9.10. The van der Waals surface area contributed by atoms with Crippen molar-refractivity contribution in [2.75, 3.05) is 30.3 Å². The second-order valence-corrected chi connectivity index (χ2v) is 13.2. The Morgan fingerprint density at radius 2 is 1.58 bits per heavy atom. The lowest BCUT2D eigenvalue weighted by Gasteiger charge is -2.32. The maximum Gasteiger partial charge on any atom is 0.243 e. The van der Waals surface area contributed by atoms with Crippen molar-refractivity contribution in [3.63, 3.8) is 0 Å². The SMILES string of the molecule is CCCCNC(=O)C(Cc1ccccc1)N(Cc1ccc(Br)cc1)C(=O)CCCN(c1ccccc1OCC)S(C)(=O)=O. The molecule has 0 fully saturated rings. The predicted molar refractivity (Wildman–Crippen MR) is 176 cm³/mol. The van der Waals surface area contributed by atoms with Crippen LogP contribution < -0.4 is 14.4 Å². The molecule has 0 aromatic heterocycles. The Labute approximate surface area is 264 Å². The van der Waals surface area contributed by atoms with Gasteiger partial charge in [0.05, 0.1) is 18.6 Å². The maximum absolute atomic E-state index is 14.0. The summed E-state index contributed by atoms with van der Waals surface area (Å²) in [7, 11) is -3.65. The molecule has 0 aliphatic heterocycles. The van der Waals surface area contributed by atoms with Gasteiger partial charge in [-0.3, -0.25) is 13.9 Å². The van der Waals surface area contributed by atoms with Crippen LogP contribution >= 0.6 is 15.9 Å². The summed E-state index contributed by atoms with van der Waals surface area (Å²) in [5, 5.41) is 3.03. The number of halogens is 1. The number of para-hydroxylation sites is 2. The topological polar surface area (TPSA) is 96.0 Å². The van der Waals surface area contributed by atoms with Gasteiger partial charge >= 0.3 is 0 Å². The molecule has 0 aliphatic carbocycles. The monoisotopic (exact) mass is 671 g/mol. The number of ether oxygens (including phenoxy) is 1. The largest absolute Gasteiger partial charge is 0.492 e. The molecule has 3 rings (SSSR count). The Bertz CT molecular complexity index is 1420. The van der Waals surface area contributed by atoms with Crippen LogP contribution in [0.3, 0.4) is 0 Å². The summed E-state index contributed by atoms with van der Waals surface area (Å²) in [4.78, 5) is 29.2. The van der Waals surface area contributed by atoms with Gasteiger partial charge in [-0.05, 0) is 55.2 Å². The number of nitrogens with one attached hydrogen (secondary N) is 1. The lowest BCUT2D eigenvalue weighted by Crippen LogP contribution is -2.50. The number of carbonyl (C=O) groups excluding carboxylic acids is 2. The molecule has 0 saturated carbocycles. The molecule has 0 heterocycles. The molecule has 1 N–H and O–H groups in total. The number of hydrogen-bond acceptors (Lipinski definition) is 5. The molecule has 0 aliphatic rings. The zero-order valence-electron chi connectivity index (χ0n) is 25.2. The van der Waals surface area contributed by atoms with Crippen LogP contribution in [0.1, 0.15) is 50.7 Å². The first-order chi connectivity index (χ1) is 20.6.